The van der Waals surface area contributed by atoms with Gasteiger partial charge in [-0.25, -0.2) is 0 Å². The molecule has 2 fully saturated rings. The van der Waals surface area contributed by atoms with Gasteiger partial charge in [-0.3, -0.25) is 4.99 Å². The van der Waals surface area contributed by atoms with Crippen molar-refractivity contribution in [1.29, 1.82) is 0 Å². The Hall–Kier alpha value is -0.730. The zero-order chi connectivity index (χ0) is 19.1. The third-order valence-electron chi connectivity index (χ3n) is 5.39. The van der Waals surface area contributed by atoms with Crippen LogP contribution in [0.15, 0.2) is 23.2 Å². The second-order valence-corrected chi connectivity index (χ2v) is 8.22. The van der Waals surface area contributed by atoms with Crippen molar-refractivity contribution in [2.24, 2.45) is 16.8 Å². The highest BCUT2D eigenvalue weighted by molar-refractivity contribution is 14.0. The molecule has 0 radical (unpaired) electrons. The Morgan fingerprint density at radius 3 is 2.82 bits per heavy atom. The molecule has 28 heavy (non-hydrogen) atoms. The van der Waals surface area contributed by atoms with E-state index in [-0.39, 0.29) is 24.0 Å². The van der Waals surface area contributed by atoms with Gasteiger partial charge in [0.1, 0.15) is 0 Å². The Balaban J connectivity index is 0.00000280. The topological polar surface area (TPSA) is 48.9 Å². The number of aryl methyl sites for hydroxylation is 1. The summed E-state index contributed by atoms with van der Waals surface area (Å²) in [6.07, 6.45) is 4.90. The lowest BCUT2D eigenvalue weighted by Gasteiger charge is -2.21. The predicted octanol–water partition coefficient (Wildman–Crippen LogP) is 4.07. The summed E-state index contributed by atoms with van der Waals surface area (Å²) in [6.45, 7) is 7.89. The number of guanidine groups is 1. The summed E-state index contributed by atoms with van der Waals surface area (Å²) in [5, 5.41) is 7.67. The zero-order valence-electron chi connectivity index (χ0n) is 17.0. The first-order valence-electron chi connectivity index (χ1n) is 10.2. The van der Waals surface area contributed by atoms with E-state index in [1.54, 1.807) is 0 Å². The van der Waals surface area contributed by atoms with Gasteiger partial charge in [-0.15, -0.1) is 24.0 Å². The summed E-state index contributed by atoms with van der Waals surface area (Å²) in [5.41, 5.74) is 2.55. The SMILES string of the molecule is CN=C(NCCCOCC1CC1)NCC1CCN(c2cc(Cl)ccc2C)C1.I. The number of benzene rings is 1. The molecule has 5 nitrogen and oxygen atoms in total. The summed E-state index contributed by atoms with van der Waals surface area (Å²) in [5.74, 6) is 2.34. The van der Waals surface area contributed by atoms with Crippen LogP contribution in [0, 0.1) is 18.8 Å². The third-order valence-corrected chi connectivity index (χ3v) is 5.62. The Bertz CT molecular complexity index is 639. The summed E-state index contributed by atoms with van der Waals surface area (Å²) in [7, 11) is 1.83. The lowest BCUT2D eigenvalue weighted by atomic mass is 10.1. The maximum atomic E-state index is 6.18. The number of nitrogens with one attached hydrogen (secondary N) is 2. The fourth-order valence-electron chi connectivity index (χ4n) is 3.52. The van der Waals surface area contributed by atoms with Crippen LogP contribution in [0.2, 0.25) is 5.02 Å². The molecule has 2 aliphatic rings. The first-order valence-corrected chi connectivity index (χ1v) is 10.6. The minimum atomic E-state index is 0. The quantitative estimate of drug-likeness (QED) is 0.223. The van der Waals surface area contributed by atoms with Crippen molar-refractivity contribution < 1.29 is 4.74 Å². The first kappa shape index (κ1) is 23.5. The molecule has 0 bridgehead atoms. The molecule has 3 rings (SSSR count). The normalized spacial score (nSPS) is 19.5. The van der Waals surface area contributed by atoms with Gasteiger partial charge in [0.25, 0.3) is 0 Å². The molecule has 0 amide bonds. The molecule has 7 heteroatoms. The van der Waals surface area contributed by atoms with Crippen LogP contribution < -0.4 is 15.5 Å². The Morgan fingerprint density at radius 2 is 2.07 bits per heavy atom. The molecule has 2 N–H and O–H groups in total. The predicted molar refractivity (Wildman–Crippen MR) is 129 cm³/mol. The largest absolute Gasteiger partial charge is 0.381 e. The van der Waals surface area contributed by atoms with Crippen molar-refractivity contribution in [3.8, 4) is 0 Å². The van der Waals surface area contributed by atoms with Gasteiger partial charge in [-0.05, 0) is 62.1 Å². The van der Waals surface area contributed by atoms with E-state index in [1.165, 1.54) is 30.5 Å². The summed E-state index contributed by atoms with van der Waals surface area (Å²) < 4.78 is 5.67. The van der Waals surface area contributed by atoms with Gasteiger partial charge in [-0.1, -0.05) is 17.7 Å². The highest BCUT2D eigenvalue weighted by atomic mass is 127. The fraction of sp³-hybridized carbons (Fsp3) is 0.667. The molecule has 1 aliphatic carbocycles. The summed E-state index contributed by atoms with van der Waals surface area (Å²) in [4.78, 5) is 6.78. The van der Waals surface area contributed by atoms with Gasteiger partial charge in [0, 0.05) is 57.2 Å². The van der Waals surface area contributed by atoms with Gasteiger partial charge in [0.15, 0.2) is 5.96 Å². The average Bonchev–Trinajstić information content (AvgIpc) is 3.38. The molecule has 1 saturated heterocycles. The number of aliphatic imine (C=N–C) groups is 1. The van der Waals surface area contributed by atoms with E-state index >= 15 is 0 Å². The van der Waals surface area contributed by atoms with Crippen molar-refractivity contribution in [2.45, 2.75) is 32.6 Å². The van der Waals surface area contributed by atoms with E-state index in [9.17, 15) is 0 Å². The lowest BCUT2D eigenvalue weighted by Crippen LogP contribution is -2.40. The number of hydrogen-bond acceptors (Lipinski definition) is 3. The van der Waals surface area contributed by atoms with Crippen LogP contribution in [0.25, 0.3) is 0 Å². The van der Waals surface area contributed by atoms with E-state index < -0.39 is 0 Å². The maximum absolute atomic E-state index is 6.18. The third kappa shape index (κ3) is 7.59. The Labute approximate surface area is 191 Å². The van der Waals surface area contributed by atoms with Crippen LogP contribution in [0.5, 0.6) is 0 Å². The molecule has 1 atom stereocenters. The van der Waals surface area contributed by atoms with Crippen molar-refractivity contribution in [1.82, 2.24) is 10.6 Å². The van der Waals surface area contributed by atoms with Crippen LogP contribution in [0.3, 0.4) is 0 Å². The zero-order valence-corrected chi connectivity index (χ0v) is 20.1. The van der Waals surface area contributed by atoms with Crippen LogP contribution in [0.4, 0.5) is 5.69 Å². The van der Waals surface area contributed by atoms with E-state index in [0.29, 0.717) is 5.92 Å². The van der Waals surface area contributed by atoms with Gasteiger partial charge in [0.05, 0.1) is 0 Å². The van der Waals surface area contributed by atoms with E-state index in [2.05, 4.69) is 39.6 Å². The molecule has 1 aliphatic heterocycles. The van der Waals surface area contributed by atoms with Crippen LogP contribution >= 0.6 is 35.6 Å². The molecule has 1 unspecified atom stereocenters. The second-order valence-electron chi connectivity index (χ2n) is 7.78. The summed E-state index contributed by atoms with van der Waals surface area (Å²) >= 11 is 6.18. The number of hydrogen-bond donors (Lipinski definition) is 2. The number of halogens is 2. The molecule has 0 aromatic heterocycles. The monoisotopic (exact) mass is 520 g/mol. The number of nitrogens with zero attached hydrogens (tertiary/aromatic N) is 2. The van der Waals surface area contributed by atoms with Crippen LogP contribution in [-0.2, 0) is 4.74 Å². The molecular weight excluding hydrogens is 487 g/mol. The number of anilines is 1. The molecule has 1 heterocycles. The second kappa shape index (κ2) is 12.1. The molecular formula is C21H34ClIN4O. The molecule has 1 saturated carbocycles. The summed E-state index contributed by atoms with van der Waals surface area (Å²) in [6, 6.07) is 6.14. The Kier molecular flexibility index (Phi) is 10.2. The van der Waals surface area contributed by atoms with Crippen molar-refractivity contribution in [3.63, 3.8) is 0 Å². The van der Waals surface area contributed by atoms with Gasteiger partial charge < -0.3 is 20.3 Å². The standard InChI is InChI=1S/C21H33ClN4O.HI/c1-16-4-7-19(22)12-20(16)26-10-8-18(14-26)13-25-21(23-2)24-9-3-11-27-15-17-5-6-17;/h4,7,12,17-18H,3,5-6,8-11,13-15H2,1-2H3,(H2,23,24,25);1H. The van der Waals surface area contributed by atoms with E-state index in [1.807, 2.05) is 13.1 Å². The lowest BCUT2D eigenvalue weighted by molar-refractivity contribution is 0.123. The van der Waals surface area contributed by atoms with Crippen molar-refractivity contribution in [2.75, 3.05) is 51.3 Å². The minimum Gasteiger partial charge on any atom is -0.381 e. The van der Waals surface area contributed by atoms with Crippen LogP contribution in [-0.4, -0.2) is 52.4 Å². The Morgan fingerprint density at radius 1 is 1.25 bits per heavy atom. The van der Waals surface area contributed by atoms with E-state index in [4.69, 9.17) is 16.3 Å². The number of ether oxygens (including phenoxy) is 1. The van der Waals surface area contributed by atoms with Crippen molar-refractivity contribution >= 4 is 47.2 Å². The highest BCUT2D eigenvalue weighted by Crippen LogP contribution is 2.29. The highest BCUT2D eigenvalue weighted by Gasteiger charge is 2.24. The maximum Gasteiger partial charge on any atom is 0.190 e. The molecule has 158 valence electrons. The van der Waals surface area contributed by atoms with Gasteiger partial charge in [-0.2, -0.15) is 0 Å². The fourth-order valence-corrected chi connectivity index (χ4v) is 3.68. The molecule has 0 spiro atoms. The smallest absolute Gasteiger partial charge is 0.190 e. The van der Waals surface area contributed by atoms with E-state index in [0.717, 1.165) is 62.7 Å². The number of rotatable bonds is 9. The van der Waals surface area contributed by atoms with Crippen molar-refractivity contribution in [3.05, 3.63) is 28.8 Å². The molecule has 1 aromatic carbocycles. The van der Waals surface area contributed by atoms with Gasteiger partial charge in [0.2, 0.25) is 0 Å². The first-order chi connectivity index (χ1) is 13.2. The molecule has 1 aromatic rings. The average molecular weight is 521 g/mol. The minimum absolute atomic E-state index is 0. The van der Waals surface area contributed by atoms with Crippen LogP contribution in [0.1, 0.15) is 31.2 Å². The van der Waals surface area contributed by atoms with Gasteiger partial charge >= 0.3 is 0 Å².